The second-order valence-corrected chi connectivity index (χ2v) is 8.31. The van der Waals surface area contributed by atoms with E-state index in [1.165, 1.54) is 45.4 Å². The summed E-state index contributed by atoms with van der Waals surface area (Å²) in [6, 6.07) is 13.6. The van der Waals surface area contributed by atoms with Crippen molar-refractivity contribution < 1.29 is 0 Å². The number of rotatable bonds is 5. The first-order valence-corrected chi connectivity index (χ1v) is 9.36. The van der Waals surface area contributed by atoms with Crippen LogP contribution in [0.15, 0.2) is 43.0 Å². The average Bonchev–Trinajstić information content (AvgIpc) is 3.01. The second-order valence-electron chi connectivity index (χ2n) is 8.31. The quantitative estimate of drug-likeness (QED) is 0.642. The first-order chi connectivity index (χ1) is 11.8. The van der Waals surface area contributed by atoms with E-state index in [4.69, 9.17) is 0 Å². The maximum Gasteiger partial charge on any atom is 0.0251 e. The van der Waals surface area contributed by atoms with Crippen LogP contribution in [0.1, 0.15) is 60.6 Å². The minimum absolute atomic E-state index is 0.185. The lowest BCUT2D eigenvalue weighted by Crippen LogP contribution is -2.40. The van der Waals surface area contributed by atoms with Crippen LogP contribution in [0, 0.1) is 13.8 Å². The van der Waals surface area contributed by atoms with Crippen molar-refractivity contribution >= 4 is 5.57 Å². The van der Waals surface area contributed by atoms with Crippen LogP contribution in [0.2, 0.25) is 0 Å². The number of nitrogens with zero attached hydrogens (tertiary/aromatic N) is 1. The summed E-state index contributed by atoms with van der Waals surface area (Å²) in [5.74, 6) is 0. The van der Waals surface area contributed by atoms with E-state index in [0.29, 0.717) is 0 Å². The monoisotopic (exact) mass is 333 g/mol. The van der Waals surface area contributed by atoms with Gasteiger partial charge in [0.05, 0.1) is 0 Å². The Labute approximate surface area is 153 Å². The molecule has 0 aliphatic carbocycles. The smallest absolute Gasteiger partial charge is 0.0251 e. The van der Waals surface area contributed by atoms with Gasteiger partial charge in [0.25, 0.3) is 0 Å². The zero-order chi connectivity index (χ0) is 18.2. The summed E-state index contributed by atoms with van der Waals surface area (Å²) in [5, 5.41) is 0. The fraction of sp³-hybridized carbons (Fsp3) is 0.417. The highest BCUT2D eigenvalue weighted by molar-refractivity contribution is 5.66. The Morgan fingerprint density at radius 1 is 1.08 bits per heavy atom. The third kappa shape index (κ3) is 3.72. The molecule has 2 aromatic rings. The van der Waals surface area contributed by atoms with Gasteiger partial charge >= 0.3 is 0 Å². The Bertz CT molecular complexity index is 798. The van der Waals surface area contributed by atoms with Crippen LogP contribution < -0.4 is 0 Å². The second kappa shape index (κ2) is 6.80. The maximum absolute atomic E-state index is 4.16. The number of hydrogen-bond donors (Lipinski definition) is 0. The van der Waals surface area contributed by atoms with Crippen molar-refractivity contribution in [2.45, 2.75) is 66.1 Å². The molecule has 1 heterocycles. The molecule has 0 radical (unpaired) electrons. The summed E-state index contributed by atoms with van der Waals surface area (Å²) in [5.41, 5.74) is 9.88. The van der Waals surface area contributed by atoms with Crippen LogP contribution in [0.25, 0.3) is 5.57 Å². The molecular formula is C24H31N. The number of benzene rings is 2. The Kier molecular flexibility index (Phi) is 4.88. The molecule has 1 heteroatoms. The largest absolute Gasteiger partial charge is 0.290 e. The van der Waals surface area contributed by atoms with Gasteiger partial charge in [0.2, 0.25) is 0 Å². The van der Waals surface area contributed by atoms with E-state index in [1.54, 1.807) is 0 Å². The van der Waals surface area contributed by atoms with E-state index in [1.807, 2.05) is 0 Å². The van der Waals surface area contributed by atoms with Crippen LogP contribution in [-0.4, -0.2) is 10.4 Å². The molecule has 0 spiro atoms. The predicted octanol–water partition coefficient (Wildman–Crippen LogP) is 6.06. The summed E-state index contributed by atoms with van der Waals surface area (Å²) in [7, 11) is 0. The van der Waals surface area contributed by atoms with Gasteiger partial charge in [-0.05, 0) is 80.8 Å². The molecule has 0 amide bonds. The van der Waals surface area contributed by atoms with Gasteiger partial charge in [0.1, 0.15) is 0 Å². The van der Waals surface area contributed by atoms with Crippen molar-refractivity contribution in [3.05, 3.63) is 76.4 Å². The summed E-state index contributed by atoms with van der Waals surface area (Å²) in [6.07, 6.45) is 2.31. The Morgan fingerprint density at radius 3 is 2.52 bits per heavy atom. The molecule has 25 heavy (non-hydrogen) atoms. The van der Waals surface area contributed by atoms with Gasteiger partial charge in [0.15, 0.2) is 0 Å². The van der Waals surface area contributed by atoms with E-state index < -0.39 is 0 Å². The Balaban J connectivity index is 1.72. The van der Waals surface area contributed by atoms with E-state index in [9.17, 15) is 0 Å². The molecule has 0 saturated heterocycles. The fourth-order valence-electron chi connectivity index (χ4n) is 3.82. The van der Waals surface area contributed by atoms with Crippen LogP contribution in [0.4, 0.5) is 0 Å². The van der Waals surface area contributed by atoms with Crippen LogP contribution in [0.3, 0.4) is 0 Å². The van der Waals surface area contributed by atoms with Gasteiger partial charge in [-0.15, -0.1) is 0 Å². The van der Waals surface area contributed by atoms with Crippen LogP contribution >= 0.6 is 0 Å². The van der Waals surface area contributed by atoms with Crippen LogP contribution in [0.5, 0.6) is 0 Å². The number of aryl methyl sites for hydroxylation is 3. The number of fused-ring (bicyclic) bond motifs is 1. The minimum Gasteiger partial charge on any atom is -0.290 e. The van der Waals surface area contributed by atoms with E-state index in [2.05, 4.69) is 82.5 Å². The van der Waals surface area contributed by atoms with E-state index in [0.717, 1.165) is 19.5 Å². The molecule has 0 unspecified atom stereocenters. The summed E-state index contributed by atoms with van der Waals surface area (Å²) in [6.45, 7) is 17.5. The zero-order valence-electron chi connectivity index (χ0n) is 16.4. The average molecular weight is 334 g/mol. The highest BCUT2D eigenvalue weighted by Crippen LogP contribution is 2.35. The molecule has 1 aliphatic rings. The molecule has 3 rings (SSSR count). The molecule has 0 saturated carbocycles. The summed E-state index contributed by atoms with van der Waals surface area (Å²) >= 11 is 0. The molecule has 2 aromatic carbocycles. The lowest BCUT2D eigenvalue weighted by Gasteiger charge is -2.35. The van der Waals surface area contributed by atoms with Gasteiger partial charge in [-0.3, -0.25) is 4.90 Å². The number of allylic oxidation sites excluding steroid dienone is 1. The normalized spacial score (nSPS) is 14.6. The van der Waals surface area contributed by atoms with E-state index >= 15 is 0 Å². The molecule has 0 N–H and O–H groups in total. The number of hydrogen-bond acceptors (Lipinski definition) is 1. The van der Waals surface area contributed by atoms with Crippen molar-refractivity contribution in [3.63, 3.8) is 0 Å². The molecular weight excluding hydrogens is 302 g/mol. The van der Waals surface area contributed by atoms with Crippen molar-refractivity contribution in [1.29, 1.82) is 0 Å². The lowest BCUT2D eigenvalue weighted by molar-refractivity contribution is 0.109. The van der Waals surface area contributed by atoms with Gasteiger partial charge in [0, 0.05) is 18.6 Å². The third-order valence-electron chi connectivity index (χ3n) is 5.90. The van der Waals surface area contributed by atoms with Gasteiger partial charge < -0.3 is 0 Å². The highest BCUT2D eigenvalue weighted by Gasteiger charge is 2.32. The summed E-state index contributed by atoms with van der Waals surface area (Å²) < 4.78 is 0. The van der Waals surface area contributed by atoms with Crippen molar-refractivity contribution in [2.75, 3.05) is 0 Å². The molecule has 0 atom stereocenters. The van der Waals surface area contributed by atoms with Crippen molar-refractivity contribution in [3.8, 4) is 0 Å². The molecule has 0 aromatic heterocycles. The molecule has 0 fully saturated rings. The SMILES string of the molecule is C=C(C)c1cccc2c1CN(C(C)(C)CCc1ccc(C)c(C)c1)C2. The molecule has 0 bridgehead atoms. The molecule has 132 valence electrons. The topological polar surface area (TPSA) is 3.24 Å². The Hall–Kier alpha value is -1.86. The van der Waals surface area contributed by atoms with E-state index in [-0.39, 0.29) is 5.54 Å². The van der Waals surface area contributed by atoms with Gasteiger partial charge in [-0.1, -0.05) is 48.6 Å². The first-order valence-electron chi connectivity index (χ1n) is 9.36. The molecule has 1 nitrogen and oxygen atoms in total. The minimum atomic E-state index is 0.185. The third-order valence-corrected chi connectivity index (χ3v) is 5.90. The van der Waals surface area contributed by atoms with Gasteiger partial charge in [-0.2, -0.15) is 0 Å². The summed E-state index contributed by atoms with van der Waals surface area (Å²) in [4.78, 5) is 2.63. The van der Waals surface area contributed by atoms with Gasteiger partial charge in [-0.25, -0.2) is 0 Å². The predicted molar refractivity (Wildman–Crippen MR) is 109 cm³/mol. The maximum atomic E-state index is 4.16. The standard InChI is InChI=1S/C24H31N/c1-17(2)22-9-7-8-21-15-25(16-23(21)22)24(5,6)13-12-20-11-10-18(3)19(4)14-20/h7-11,14H,1,12-13,15-16H2,2-6H3. The van der Waals surface area contributed by atoms with Crippen LogP contribution in [-0.2, 0) is 19.5 Å². The van der Waals surface area contributed by atoms with Crippen molar-refractivity contribution in [1.82, 2.24) is 4.90 Å². The first kappa shape index (κ1) is 17.9. The van der Waals surface area contributed by atoms with Crippen molar-refractivity contribution in [2.24, 2.45) is 0 Å². The lowest BCUT2D eigenvalue weighted by atomic mass is 9.92. The fourth-order valence-corrected chi connectivity index (χ4v) is 3.82. The Morgan fingerprint density at radius 2 is 1.84 bits per heavy atom. The zero-order valence-corrected chi connectivity index (χ0v) is 16.4. The highest BCUT2D eigenvalue weighted by atomic mass is 15.2. The molecule has 1 aliphatic heterocycles.